The minimum atomic E-state index is -0.603. The van der Waals surface area contributed by atoms with Crippen LogP contribution in [-0.4, -0.2) is 37.7 Å². The van der Waals surface area contributed by atoms with Crippen LogP contribution in [-0.2, 0) is 9.53 Å². The lowest BCUT2D eigenvalue weighted by atomic mass is 10.0. The van der Waals surface area contributed by atoms with Crippen LogP contribution in [0.3, 0.4) is 0 Å². The Morgan fingerprint density at radius 2 is 1.48 bits per heavy atom. The molecule has 3 aromatic carbocycles. The van der Waals surface area contributed by atoms with E-state index in [2.05, 4.69) is 10.3 Å². The number of ether oxygens (including phenoxy) is 3. The minimum Gasteiger partial charge on any atom is -0.497 e. The number of amides is 1. The second-order valence-electron chi connectivity index (χ2n) is 7.15. The lowest BCUT2D eigenvalue weighted by molar-refractivity contribution is -0.119. The third kappa shape index (κ3) is 5.10. The molecule has 33 heavy (non-hydrogen) atoms. The van der Waals surface area contributed by atoms with Crippen molar-refractivity contribution in [3.63, 3.8) is 0 Å². The van der Waals surface area contributed by atoms with Crippen LogP contribution in [0.5, 0.6) is 11.5 Å². The fourth-order valence-corrected chi connectivity index (χ4v) is 3.33. The fourth-order valence-electron chi connectivity index (χ4n) is 3.33. The van der Waals surface area contributed by atoms with Gasteiger partial charge in [0.15, 0.2) is 6.61 Å². The number of fused-ring (bicyclic) bond motifs is 1. The van der Waals surface area contributed by atoms with Crippen molar-refractivity contribution >= 4 is 28.5 Å². The van der Waals surface area contributed by atoms with E-state index in [1.165, 1.54) is 0 Å². The zero-order valence-corrected chi connectivity index (χ0v) is 18.2. The molecule has 7 nitrogen and oxygen atoms in total. The molecule has 0 unspecified atom stereocenters. The zero-order chi connectivity index (χ0) is 23.2. The number of nitrogens with one attached hydrogen (secondary N) is 1. The number of hydrogen-bond acceptors (Lipinski definition) is 6. The molecule has 0 aliphatic carbocycles. The molecule has 0 radical (unpaired) electrons. The lowest BCUT2D eigenvalue weighted by Crippen LogP contribution is -2.21. The molecule has 0 bridgehead atoms. The van der Waals surface area contributed by atoms with E-state index < -0.39 is 18.5 Å². The Balaban J connectivity index is 1.53. The highest BCUT2D eigenvalue weighted by Gasteiger charge is 2.17. The summed E-state index contributed by atoms with van der Waals surface area (Å²) in [5, 5.41) is 3.34. The third-order valence-corrected chi connectivity index (χ3v) is 5.03. The summed E-state index contributed by atoms with van der Waals surface area (Å²) in [7, 11) is 3.16. The molecule has 166 valence electrons. The molecule has 4 rings (SSSR count). The van der Waals surface area contributed by atoms with E-state index in [1.54, 1.807) is 50.6 Å². The molecule has 0 spiro atoms. The first kappa shape index (κ1) is 21.8. The van der Waals surface area contributed by atoms with E-state index in [0.29, 0.717) is 33.6 Å². The van der Waals surface area contributed by atoms with Crippen LogP contribution >= 0.6 is 0 Å². The molecule has 0 fully saturated rings. The highest BCUT2D eigenvalue weighted by molar-refractivity contribution is 6.05. The van der Waals surface area contributed by atoms with E-state index in [1.807, 2.05) is 42.5 Å². The predicted molar refractivity (Wildman–Crippen MR) is 126 cm³/mol. The van der Waals surface area contributed by atoms with Gasteiger partial charge in [-0.2, -0.15) is 0 Å². The van der Waals surface area contributed by atoms with Gasteiger partial charge in [-0.05, 0) is 60.7 Å². The van der Waals surface area contributed by atoms with Gasteiger partial charge < -0.3 is 19.5 Å². The summed E-state index contributed by atoms with van der Waals surface area (Å²) >= 11 is 0. The molecular weight excluding hydrogens is 420 g/mol. The number of esters is 1. The van der Waals surface area contributed by atoms with Crippen molar-refractivity contribution in [2.75, 3.05) is 26.1 Å². The molecule has 1 aromatic heterocycles. The van der Waals surface area contributed by atoms with Crippen LogP contribution in [0.25, 0.3) is 22.2 Å². The number of carbonyl (C=O) groups excluding carboxylic acids is 2. The fraction of sp³-hybridized carbons (Fsp3) is 0.115. The first-order valence-corrected chi connectivity index (χ1v) is 10.2. The van der Waals surface area contributed by atoms with E-state index in [-0.39, 0.29) is 0 Å². The van der Waals surface area contributed by atoms with Gasteiger partial charge in [-0.1, -0.05) is 18.2 Å². The van der Waals surface area contributed by atoms with Crippen LogP contribution in [0.1, 0.15) is 10.4 Å². The maximum absolute atomic E-state index is 12.9. The summed E-state index contributed by atoms with van der Waals surface area (Å²) in [5.74, 6) is 0.356. The summed E-state index contributed by atoms with van der Waals surface area (Å²) in [6.45, 7) is -0.417. The highest BCUT2D eigenvalue weighted by Crippen LogP contribution is 2.27. The number of methoxy groups -OCH3 is 2. The van der Waals surface area contributed by atoms with Gasteiger partial charge in [0.2, 0.25) is 0 Å². The van der Waals surface area contributed by atoms with E-state index >= 15 is 0 Å². The molecule has 0 saturated carbocycles. The Labute approximate surface area is 190 Å². The van der Waals surface area contributed by atoms with Crippen LogP contribution in [0.15, 0.2) is 78.9 Å². The number of carbonyl (C=O) groups is 2. The van der Waals surface area contributed by atoms with Gasteiger partial charge >= 0.3 is 5.97 Å². The molecule has 1 amide bonds. The van der Waals surface area contributed by atoms with Gasteiger partial charge in [-0.3, -0.25) is 4.79 Å². The molecule has 0 aliphatic rings. The number of rotatable bonds is 7. The van der Waals surface area contributed by atoms with Crippen molar-refractivity contribution < 1.29 is 23.8 Å². The number of aromatic nitrogens is 1. The topological polar surface area (TPSA) is 86.8 Å². The molecule has 1 heterocycles. The molecular formula is C26H22N2O5. The average molecular weight is 442 g/mol. The standard InChI is InChI=1S/C26H22N2O5/c1-31-19-11-7-17(8-12-19)24-15-22(21-5-3-4-6-23(21)28-24)26(30)33-16-25(29)27-18-9-13-20(32-2)14-10-18/h3-15H,16H2,1-2H3,(H,27,29). The van der Waals surface area contributed by atoms with Crippen LogP contribution < -0.4 is 14.8 Å². The highest BCUT2D eigenvalue weighted by atomic mass is 16.5. The van der Waals surface area contributed by atoms with E-state index in [9.17, 15) is 9.59 Å². The van der Waals surface area contributed by atoms with Gasteiger partial charge in [0.1, 0.15) is 11.5 Å². The van der Waals surface area contributed by atoms with Crippen molar-refractivity contribution in [3.05, 3.63) is 84.4 Å². The number of pyridine rings is 1. The predicted octanol–water partition coefficient (Wildman–Crippen LogP) is 4.71. The Bertz CT molecular complexity index is 1280. The SMILES string of the molecule is COc1ccc(NC(=O)COC(=O)c2cc(-c3ccc(OC)cc3)nc3ccccc23)cc1. The first-order valence-electron chi connectivity index (χ1n) is 10.2. The summed E-state index contributed by atoms with van der Waals surface area (Å²) in [6, 6.07) is 23.2. The molecule has 0 atom stereocenters. The lowest BCUT2D eigenvalue weighted by Gasteiger charge is -2.11. The van der Waals surface area contributed by atoms with Crippen molar-refractivity contribution in [2.45, 2.75) is 0 Å². The number of anilines is 1. The number of benzene rings is 3. The van der Waals surface area contributed by atoms with Gasteiger partial charge in [0.05, 0.1) is 31.0 Å². The summed E-state index contributed by atoms with van der Waals surface area (Å²) in [4.78, 5) is 29.9. The molecule has 4 aromatic rings. The third-order valence-electron chi connectivity index (χ3n) is 5.03. The minimum absolute atomic E-state index is 0.337. The Kier molecular flexibility index (Phi) is 6.50. The Hall–Kier alpha value is -4.39. The van der Waals surface area contributed by atoms with Crippen LogP contribution in [0, 0.1) is 0 Å². The molecule has 0 saturated heterocycles. The number of nitrogens with zero attached hydrogens (tertiary/aromatic N) is 1. The monoisotopic (exact) mass is 442 g/mol. The Morgan fingerprint density at radius 3 is 2.15 bits per heavy atom. The molecule has 0 aliphatic heterocycles. The van der Waals surface area contributed by atoms with Crippen molar-refractivity contribution in [1.29, 1.82) is 0 Å². The second-order valence-corrected chi connectivity index (χ2v) is 7.15. The van der Waals surface area contributed by atoms with Crippen LogP contribution in [0.2, 0.25) is 0 Å². The van der Waals surface area contributed by atoms with E-state index in [4.69, 9.17) is 14.2 Å². The summed E-state index contributed by atoms with van der Waals surface area (Å²) in [6.07, 6.45) is 0. The quantitative estimate of drug-likeness (QED) is 0.417. The zero-order valence-electron chi connectivity index (χ0n) is 18.2. The first-order chi connectivity index (χ1) is 16.1. The second kappa shape index (κ2) is 9.82. The van der Waals surface area contributed by atoms with E-state index in [0.717, 1.165) is 11.3 Å². The smallest absolute Gasteiger partial charge is 0.339 e. The largest absolute Gasteiger partial charge is 0.497 e. The van der Waals surface area contributed by atoms with Crippen LogP contribution in [0.4, 0.5) is 5.69 Å². The van der Waals surface area contributed by atoms with Gasteiger partial charge in [0, 0.05) is 16.6 Å². The van der Waals surface area contributed by atoms with Gasteiger partial charge in [-0.25, -0.2) is 9.78 Å². The Morgan fingerprint density at radius 1 is 0.848 bits per heavy atom. The molecule has 7 heteroatoms. The van der Waals surface area contributed by atoms with Crippen molar-refractivity contribution in [2.24, 2.45) is 0 Å². The van der Waals surface area contributed by atoms with Crippen molar-refractivity contribution in [3.8, 4) is 22.8 Å². The normalized spacial score (nSPS) is 10.5. The number of hydrogen-bond donors (Lipinski definition) is 1. The summed E-state index contributed by atoms with van der Waals surface area (Å²) in [5.41, 5.74) is 3.01. The average Bonchev–Trinajstić information content (AvgIpc) is 2.87. The molecule has 1 N–H and O–H groups in total. The maximum Gasteiger partial charge on any atom is 0.339 e. The van der Waals surface area contributed by atoms with Gasteiger partial charge in [0.25, 0.3) is 5.91 Å². The van der Waals surface area contributed by atoms with Crippen molar-refractivity contribution in [1.82, 2.24) is 4.98 Å². The maximum atomic E-state index is 12.9. The number of para-hydroxylation sites is 1. The van der Waals surface area contributed by atoms with Gasteiger partial charge in [-0.15, -0.1) is 0 Å². The summed E-state index contributed by atoms with van der Waals surface area (Å²) < 4.78 is 15.6.